The first kappa shape index (κ1) is 16.1. The molecule has 2 nitrogen and oxygen atoms in total. The standard InChI is InChI=1S/C20H17NO.C2H6/c1-14-7-12-20-18(13-14)17-5-3-4-6-19(17)21(20)15-8-10-16(22-2)11-9-15;1-2/h3-13H,1-2H3;1-2H3. The number of nitrogens with zero attached hydrogens (tertiary/aromatic N) is 1. The van der Waals surface area contributed by atoms with Crippen LogP contribution in [0.1, 0.15) is 19.4 Å². The smallest absolute Gasteiger partial charge is 0.119 e. The predicted molar refractivity (Wildman–Crippen MR) is 103 cm³/mol. The fourth-order valence-corrected chi connectivity index (χ4v) is 3.10. The molecule has 0 atom stereocenters. The van der Waals surface area contributed by atoms with Crippen LogP contribution in [0.25, 0.3) is 27.5 Å². The average Bonchev–Trinajstić information content (AvgIpc) is 2.97. The van der Waals surface area contributed by atoms with E-state index in [0.717, 1.165) is 11.4 Å². The molecule has 0 bridgehead atoms. The first-order valence-corrected chi connectivity index (χ1v) is 8.42. The zero-order valence-corrected chi connectivity index (χ0v) is 14.7. The van der Waals surface area contributed by atoms with Crippen LogP contribution in [-0.2, 0) is 0 Å². The van der Waals surface area contributed by atoms with Crippen molar-refractivity contribution in [2.75, 3.05) is 7.11 Å². The summed E-state index contributed by atoms with van der Waals surface area (Å²) in [7, 11) is 1.69. The Morgan fingerprint density at radius 3 is 2.12 bits per heavy atom. The third-order valence-corrected chi connectivity index (χ3v) is 4.16. The Morgan fingerprint density at radius 1 is 0.750 bits per heavy atom. The predicted octanol–water partition coefficient (Wildman–Crippen LogP) is 6.13. The monoisotopic (exact) mass is 317 g/mol. The maximum absolute atomic E-state index is 5.27. The van der Waals surface area contributed by atoms with Crippen molar-refractivity contribution in [1.82, 2.24) is 4.57 Å². The van der Waals surface area contributed by atoms with Gasteiger partial charge in [0.25, 0.3) is 0 Å². The number of methoxy groups -OCH3 is 1. The molecular formula is C22H23NO. The Labute approximate surface area is 143 Å². The average molecular weight is 317 g/mol. The Hall–Kier alpha value is -2.74. The van der Waals surface area contributed by atoms with Crippen LogP contribution in [0.4, 0.5) is 0 Å². The van der Waals surface area contributed by atoms with E-state index in [0.29, 0.717) is 0 Å². The molecule has 0 N–H and O–H groups in total. The van der Waals surface area contributed by atoms with Gasteiger partial charge >= 0.3 is 0 Å². The van der Waals surface area contributed by atoms with Crippen molar-refractivity contribution in [3.8, 4) is 11.4 Å². The second-order valence-corrected chi connectivity index (χ2v) is 5.57. The van der Waals surface area contributed by atoms with Crippen molar-refractivity contribution in [2.45, 2.75) is 20.8 Å². The molecule has 0 saturated carbocycles. The maximum atomic E-state index is 5.27. The molecule has 122 valence electrons. The molecule has 0 amide bonds. The summed E-state index contributed by atoms with van der Waals surface area (Å²) in [5.41, 5.74) is 4.89. The van der Waals surface area contributed by atoms with Crippen LogP contribution in [0.3, 0.4) is 0 Å². The highest BCUT2D eigenvalue weighted by Crippen LogP contribution is 2.32. The third-order valence-electron chi connectivity index (χ3n) is 4.16. The third kappa shape index (κ3) is 2.65. The molecule has 0 saturated heterocycles. The summed E-state index contributed by atoms with van der Waals surface area (Å²) < 4.78 is 7.58. The normalized spacial score (nSPS) is 10.5. The summed E-state index contributed by atoms with van der Waals surface area (Å²) in [6.45, 7) is 6.14. The fraction of sp³-hybridized carbons (Fsp3) is 0.182. The van der Waals surface area contributed by atoms with Gasteiger partial charge in [0, 0.05) is 16.5 Å². The Kier molecular flexibility index (Phi) is 4.57. The fourth-order valence-electron chi connectivity index (χ4n) is 3.10. The molecule has 0 radical (unpaired) electrons. The molecule has 0 aliphatic carbocycles. The molecule has 0 aliphatic rings. The van der Waals surface area contributed by atoms with E-state index in [1.807, 2.05) is 26.0 Å². The van der Waals surface area contributed by atoms with Gasteiger partial charge in [0.05, 0.1) is 18.1 Å². The molecule has 2 heteroatoms. The van der Waals surface area contributed by atoms with Crippen LogP contribution in [0.5, 0.6) is 5.75 Å². The van der Waals surface area contributed by atoms with Crippen molar-refractivity contribution in [2.24, 2.45) is 0 Å². The minimum absolute atomic E-state index is 0.875. The van der Waals surface area contributed by atoms with Crippen molar-refractivity contribution in [1.29, 1.82) is 0 Å². The summed E-state index contributed by atoms with van der Waals surface area (Å²) in [6, 6.07) is 23.4. The van der Waals surface area contributed by atoms with E-state index in [2.05, 4.69) is 66.1 Å². The van der Waals surface area contributed by atoms with Crippen LogP contribution in [0.2, 0.25) is 0 Å². The Morgan fingerprint density at radius 2 is 1.42 bits per heavy atom. The number of aryl methyl sites for hydroxylation is 1. The number of ether oxygens (including phenoxy) is 1. The molecule has 0 spiro atoms. The van der Waals surface area contributed by atoms with Gasteiger partial charge in [-0.15, -0.1) is 0 Å². The second kappa shape index (κ2) is 6.79. The van der Waals surface area contributed by atoms with E-state index < -0.39 is 0 Å². The largest absolute Gasteiger partial charge is 0.497 e. The van der Waals surface area contributed by atoms with Crippen molar-refractivity contribution >= 4 is 21.8 Å². The van der Waals surface area contributed by atoms with Crippen LogP contribution < -0.4 is 4.74 Å². The molecular weight excluding hydrogens is 294 g/mol. The number of fused-ring (bicyclic) bond motifs is 3. The number of rotatable bonds is 2. The van der Waals surface area contributed by atoms with Gasteiger partial charge in [0.15, 0.2) is 0 Å². The highest BCUT2D eigenvalue weighted by Gasteiger charge is 2.11. The number of aromatic nitrogens is 1. The van der Waals surface area contributed by atoms with Crippen LogP contribution >= 0.6 is 0 Å². The van der Waals surface area contributed by atoms with Gasteiger partial charge in [0.1, 0.15) is 5.75 Å². The zero-order chi connectivity index (χ0) is 17.1. The van der Waals surface area contributed by atoms with E-state index in [-0.39, 0.29) is 0 Å². The highest BCUT2D eigenvalue weighted by molar-refractivity contribution is 6.09. The number of benzene rings is 3. The molecule has 1 heterocycles. The lowest BCUT2D eigenvalue weighted by atomic mass is 10.1. The zero-order valence-electron chi connectivity index (χ0n) is 14.7. The van der Waals surface area contributed by atoms with Gasteiger partial charge in [-0.1, -0.05) is 43.7 Å². The summed E-state index contributed by atoms with van der Waals surface area (Å²) in [5.74, 6) is 0.875. The van der Waals surface area contributed by atoms with Gasteiger partial charge in [-0.2, -0.15) is 0 Å². The molecule has 1 aromatic heterocycles. The van der Waals surface area contributed by atoms with Crippen LogP contribution in [-0.4, -0.2) is 11.7 Å². The second-order valence-electron chi connectivity index (χ2n) is 5.57. The Bertz CT molecular complexity index is 965. The summed E-state index contributed by atoms with van der Waals surface area (Å²) in [5, 5.41) is 2.59. The van der Waals surface area contributed by atoms with E-state index in [1.54, 1.807) is 7.11 Å². The molecule has 4 aromatic rings. The maximum Gasteiger partial charge on any atom is 0.119 e. The molecule has 0 aliphatic heterocycles. The first-order chi connectivity index (χ1) is 11.8. The lowest BCUT2D eigenvalue weighted by Crippen LogP contribution is -1.93. The topological polar surface area (TPSA) is 14.2 Å². The highest BCUT2D eigenvalue weighted by atomic mass is 16.5. The molecule has 4 rings (SSSR count). The van der Waals surface area contributed by atoms with E-state index in [9.17, 15) is 0 Å². The van der Waals surface area contributed by atoms with Crippen molar-refractivity contribution in [3.05, 3.63) is 72.3 Å². The molecule has 0 unspecified atom stereocenters. The summed E-state index contributed by atoms with van der Waals surface area (Å²) in [4.78, 5) is 0. The Balaban J connectivity index is 0.000000815. The quantitative estimate of drug-likeness (QED) is 0.434. The first-order valence-electron chi connectivity index (χ1n) is 8.42. The van der Waals surface area contributed by atoms with Crippen LogP contribution in [0.15, 0.2) is 66.7 Å². The summed E-state index contributed by atoms with van der Waals surface area (Å²) >= 11 is 0. The van der Waals surface area contributed by atoms with Gasteiger partial charge < -0.3 is 9.30 Å². The van der Waals surface area contributed by atoms with Gasteiger partial charge in [-0.25, -0.2) is 0 Å². The number of para-hydroxylation sites is 1. The summed E-state index contributed by atoms with van der Waals surface area (Å²) in [6.07, 6.45) is 0. The van der Waals surface area contributed by atoms with E-state index in [4.69, 9.17) is 4.74 Å². The van der Waals surface area contributed by atoms with Crippen molar-refractivity contribution in [3.63, 3.8) is 0 Å². The lowest BCUT2D eigenvalue weighted by Gasteiger charge is -2.08. The van der Waals surface area contributed by atoms with Crippen LogP contribution in [0, 0.1) is 6.92 Å². The van der Waals surface area contributed by atoms with Crippen molar-refractivity contribution < 1.29 is 4.74 Å². The number of hydrogen-bond donors (Lipinski definition) is 0. The number of hydrogen-bond acceptors (Lipinski definition) is 1. The molecule has 24 heavy (non-hydrogen) atoms. The lowest BCUT2D eigenvalue weighted by molar-refractivity contribution is 0.415. The van der Waals surface area contributed by atoms with Gasteiger partial charge in [-0.05, 0) is 49.4 Å². The van der Waals surface area contributed by atoms with E-state index >= 15 is 0 Å². The minimum Gasteiger partial charge on any atom is -0.497 e. The van der Waals surface area contributed by atoms with Gasteiger partial charge in [-0.3, -0.25) is 0 Å². The van der Waals surface area contributed by atoms with Gasteiger partial charge in [0.2, 0.25) is 0 Å². The minimum atomic E-state index is 0.875. The molecule has 0 fully saturated rings. The SMILES string of the molecule is CC.COc1ccc(-n2c3ccccc3c3cc(C)ccc32)cc1. The van der Waals surface area contributed by atoms with E-state index in [1.165, 1.54) is 27.4 Å². The molecule has 3 aromatic carbocycles.